The van der Waals surface area contributed by atoms with Crippen molar-refractivity contribution in [1.82, 2.24) is 5.32 Å². The zero-order valence-electron chi connectivity index (χ0n) is 19.4. The Bertz CT molecular complexity index is 1050. The minimum Gasteiger partial charge on any atom is -0.351 e. The summed E-state index contributed by atoms with van der Waals surface area (Å²) in [5, 5.41) is 5.72. The van der Waals surface area contributed by atoms with E-state index in [-0.39, 0.29) is 28.7 Å². The average Bonchev–Trinajstić information content (AvgIpc) is 2.80. The summed E-state index contributed by atoms with van der Waals surface area (Å²) in [5.74, 6) is -1.60. The molecule has 2 aromatic rings. The number of nitrogens with one attached hydrogen (secondary N) is 2. The van der Waals surface area contributed by atoms with E-state index in [4.69, 9.17) is 5.73 Å². The molecule has 176 valence electrons. The normalized spacial score (nSPS) is 16.6. The lowest BCUT2D eigenvalue weighted by molar-refractivity contribution is -0.118. The van der Waals surface area contributed by atoms with Crippen LogP contribution in [0.15, 0.2) is 42.5 Å². The minimum atomic E-state index is -0.731. The Kier molecular flexibility index (Phi) is 7.17. The van der Waals surface area contributed by atoms with Gasteiger partial charge in [0.1, 0.15) is 11.9 Å². The zero-order valence-corrected chi connectivity index (χ0v) is 19.4. The fraction of sp³-hybridized carbons (Fsp3) is 0.400. The Labute approximate surface area is 193 Å². The van der Waals surface area contributed by atoms with E-state index >= 15 is 0 Å². The van der Waals surface area contributed by atoms with Gasteiger partial charge in [0, 0.05) is 17.7 Å². The van der Waals surface area contributed by atoms with Crippen molar-refractivity contribution in [2.75, 3.05) is 23.3 Å². The third-order valence-electron chi connectivity index (χ3n) is 6.10. The number of nitrogens with zero attached hydrogens (tertiary/aromatic N) is 1. The first kappa shape index (κ1) is 24.4. The molecule has 1 aliphatic heterocycles. The van der Waals surface area contributed by atoms with Crippen LogP contribution in [0.25, 0.3) is 0 Å². The molecule has 4 N–H and O–H groups in total. The molecule has 0 bridgehead atoms. The van der Waals surface area contributed by atoms with E-state index in [2.05, 4.69) is 10.6 Å². The summed E-state index contributed by atoms with van der Waals surface area (Å²) in [4.78, 5) is 40.6. The molecule has 1 aliphatic rings. The van der Waals surface area contributed by atoms with Crippen LogP contribution in [-0.2, 0) is 4.79 Å². The lowest BCUT2D eigenvalue weighted by Gasteiger charge is -2.39. The molecule has 0 spiro atoms. The van der Waals surface area contributed by atoms with Crippen LogP contribution in [0.4, 0.5) is 15.8 Å². The topological polar surface area (TPSA) is 105 Å². The average molecular weight is 455 g/mol. The van der Waals surface area contributed by atoms with Gasteiger partial charge >= 0.3 is 0 Å². The predicted molar refractivity (Wildman–Crippen MR) is 127 cm³/mol. The molecular formula is C25H31FN4O3. The van der Waals surface area contributed by atoms with Gasteiger partial charge in [0.15, 0.2) is 0 Å². The highest BCUT2D eigenvalue weighted by Crippen LogP contribution is 2.37. The van der Waals surface area contributed by atoms with Gasteiger partial charge in [-0.2, -0.15) is 0 Å². The molecule has 0 saturated carbocycles. The molecule has 3 amide bonds. The second-order valence-electron chi connectivity index (χ2n) is 9.28. The number of anilines is 2. The van der Waals surface area contributed by atoms with Gasteiger partial charge < -0.3 is 16.4 Å². The molecule has 0 radical (unpaired) electrons. The number of nitrogens with two attached hydrogens (primary N) is 1. The first-order valence-electron chi connectivity index (χ1n) is 11.1. The maximum atomic E-state index is 13.4. The summed E-state index contributed by atoms with van der Waals surface area (Å²) in [6, 6.07) is 9.35. The van der Waals surface area contributed by atoms with Crippen LogP contribution in [0.3, 0.4) is 0 Å². The van der Waals surface area contributed by atoms with Crippen LogP contribution in [-0.4, -0.2) is 36.9 Å². The van der Waals surface area contributed by atoms with Crippen LogP contribution in [0.2, 0.25) is 0 Å². The Balaban J connectivity index is 1.98. The Morgan fingerprint density at radius 1 is 1.18 bits per heavy atom. The fourth-order valence-corrected chi connectivity index (χ4v) is 3.66. The van der Waals surface area contributed by atoms with E-state index in [0.717, 1.165) is 0 Å². The molecule has 3 rings (SSSR count). The lowest BCUT2D eigenvalue weighted by Crippen LogP contribution is -2.54. The van der Waals surface area contributed by atoms with Gasteiger partial charge in [-0.15, -0.1) is 0 Å². The Morgan fingerprint density at radius 2 is 1.82 bits per heavy atom. The number of hydrogen-bond donors (Lipinski definition) is 3. The second kappa shape index (κ2) is 9.70. The highest BCUT2D eigenvalue weighted by molar-refractivity contribution is 6.17. The van der Waals surface area contributed by atoms with Crippen molar-refractivity contribution in [3.05, 3.63) is 59.4 Å². The van der Waals surface area contributed by atoms with Crippen LogP contribution in [0, 0.1) is 17.2 Å². The van der Waals surface area contributed by atoms with Gasteiger partial charge in [0.25, 0.3) is 11.8 Å². The molecule has 0 aliphatic carbocycles. The smallest absolute Gasteiger partial charge is 0.259 e. The van der Waals surface area contributed by atoms with Gasteiger partial charge in [-0.25, -0.2) is 4.39 Å². The third-order valence-corrected chi connectivity index (χ3v) is 6.10. The second-order valence-corrected chi connectivity index (χ2v) is 9.28. The van der Waals surface area contributed by atoms with Crippen LogP contribution < -0.4 is 21.3 Å². The molecule has 0 aromatic heterocycles. The number of carbonyl (C=O) groups is 3. The lowest BCUT2D eigenvalue weighted by atomic mass is 9.92. The standard InChI is InChI=1S/C25H31FN4O3/c1-5-15(2)21-23(32)29-19-12-17(22(31)28-14-25(3,4)13-27)8-11-20(19)30(21)24(33)16-6-9-18(26)10-7-16/h6-12,15,21H,5,13-14,27H2,1-4H3,(H,28,31)(H,29,32). The highest BCUT2D eigenvalue weighted by atomic mass is 19.1. The zero-order chi connectivity index (χ0) is 24.3. The molecular weight excluding hydrogens is 423 g/mol. The van der Waals surface area contributed by atoms with Crippen LogP contribution in [0.1, 0.15) is 54.8 Å². The minimum absolute atomic E-state index is 0.121. The van der Waals surface area contributed by atoms with Gasteiger partial charge in [-0.3, -0.25) is 19.3 Å². The number of fused-ring (bicyclic) bond motifs is 1. The van der Waals surface area contributed by atoms with Gasteiger partial charge in [0.2, 0.25) is 5.91 Å². The monoisotopic (exact) mass is 454 g/mol. The van der Waals surface area contributed by atoms with E-state index in [1.54, 1.807) is 18.2 Å². The first-order valence-corrected chi connectivity index (χ1v) is 11.1. The summed E-state index contributed by atoms with van der Waals surface area (Å²) in [6.07, 6.45) is 0.679. The molecule has 1 heterocycles. The van der Waals surface area contributed by atoms with E-state index in [1.165, 1.54) is 29.2 Å². The number of benzene rings is 2. The van der Waals surface area contributed by atoms with E-state index in [9.17, 15) is 18.8 Å². The number of rotatable bonds is 7. The van der Waals surface area contributed by atoms with E-state index in [1.807, 2.05) is 27.7 Å². The molecule has 7 nitrogen and oxygen atoms in total. The van der Waals surface area contributed by atoms with E-state index in [0.29, 0.717) is 36.4 Å². The SMILES string of the molecule is CCC(C)C1C(=O)Nc2cc(C(=O)NCC(C)(C)CN)ccc2N1C(=O)c1ccc(F)cc1. The summed E-state index contributed by atoms with van der Waals surface area (Å²) in [5.41, 5.74) is 6.98. The van der Waals surface area contributed by atoms with E-state index < -0.39 is 17.8 Å². The summed E-state index contributed by atoms with van der Waals surface area (Å²) in [6.45, 7) is 8.58. The summed E-state index contributed by atoms with van der Waals surface area (Å²) in [7, 11) is 0. The number of halogens is 1. The van der Waals surface area contributed by atoms with Crippen LogP contribution in [0.5, 0.6) is 0 Å². The number of amides is 3. The highest BCUT2D eigenvalue weighted by Gasteiger charge is 2.40. The quantitative estimate of drug-likeness (QED) is 0.595. The molecule has 0 saturated heterocycles. The summed E-state index contributed by atoms with van der Waals surface area (Å²) < 4.78 is 13.4. The van der Waals surface area contributed by atoms with Crippen molar-refractivity contribution in [2.45, 2.75) is 40.2 Å². The van der Waals surface area contributed by atoms with Crippen molar-refractivity contribution in [1.29, 1.82) is 0 Å². The Hall–Kier alpha value is -3.26. The van der Waals surface area contributed by atoms with Gasteiger partial charge in [-0.05, 0) is 60.3 Å². The number of carbonyl (C=O) groups excluding carboxylic acids is 3. The van der Waals surface area contributed by atoms with Crippen LogP contribution >= 0.6 is 0 Å². The molecule has 33 heavy (non-hydrogen) atoms. The first-order chi connectivity index (χ1) is 15.6. The van der Waals surface area contributed by atoms with Gasteiger partial charge in [-0.1, -0.05) is 34.1 Å². The summed E-state index contributed by atoms with van der Waals surface area (Å²) >= 11 is 0. The molecule has 2 aromatic carbocycles. The maximum Gasteiger partial charge on any atom is 0.259 e. The third kappa shape index (κ3) is 5.22. The molecule has 8 heteroatoms. The molecule has 2 unspecified atom stereocenters. The number of hydrogen-bond acceptors (Lipinski definition) is 4. The van der Waals surface area contributed by atoms with Gasteiger partial charge in [0.05, 0.1) is 11.4 Å². The Morgan fingerprint density at radius 3 is 2.42 bits per heavy atom. The maximum absolute atomic E-state index is 13.4. The fourth-order valence-electron chi connectivity index (χ4n) is 3.66. The van der Waals surface area contributed by atoms with Crippen molar-refractivity contribution < 1.29 is 18.8 Å². The van der Waals surface area contributed by atoms with Crippen molar-refractivity contribution in [2.24, 2.45) is 17.1 Å². The largest absolute Gasteiger partial charge is 0.351 e. The molecule has 2 atom stereocenters. The van der Waals surface area contributed by atoms with Crippen molar-refractivity contribution in [3.63, 3.8) is 0 Å². The molecule has 0 fully saturated rings. The van der Waals surface area contributed by atoms with Crippen molar-refractivity contribution in [3.8, 4) is 0 Å². The van der Waals surface area contributed by atoms with Crippen molar-refractivity contribution >= 4 is 29.1 Å². The predicted octanol–water partition coefficient (Wildman–Crippen LogP) is 3.55.